The lowest BCUT2D eigenvalue weighted by molar-refractivity contribution is 0.164. The summed E-state index contributed by atoms with van der Waals surface area (Å²) in [6.45, 7) is 3.51. The number of hydrogen-bond donors (Lipinski definition) is 1. The summed E-state index contributed by atoms with van der Waals surface area (Å²) in [5, 5.41) is 0.778. The van der Waals surface area contributed by atoms with E-state index in [1.54, 1.807) is 23.1 Å². The van der Waals surface area contributed by atoms with E-state index < -0.39 is 0 Å². The molecule has 1 aromatic heterocycles. The molecule has 96 valence electrons. The molecule has 1 aromatic carbocycles. The molecule has 0 radical (unpaired) electrons. The fraction of sp³-hybridized carbons (Fsp3) is 0.308. The van der Waals surface area contributed by atoms with Crippen LogP contribution >= 0.6 is 23.1 Å². The molecule has 3 nitrogen and oxygen atoms in total. The van der Waals surface area contributed by atoms with Crippen molar-refractivity contribution in [2.45, 2.75) is 11.3 Å². The van der Waals surface area contributed by atoms with E-state index in [0.717, 1.165) is 39.6 Å². The van der Waals surface area contributed by atoms with Gasteiger partial charge in [0.05, 0.1) is 6.61 Å². The van der Waals surface area contributed by atoms with Crippen LogP contribution in [0, 0.1) is 0 Å². The van der Waals surface area contributed by atoms with Crippen molar-refractivity contribution in [3.05, 3.63) is 30.3 Å². The summed E-state index contributed by atoms with van der Waals surface area (Å²) in [6, 6.07) is 10.0. The Morgan fingerprint density at radius 3 is 2.83 bits per heavy atom. The lowest BCUT2D eigenvalue weighted by Gasteiger charge is -1.98. The van der Waals surface area contributed by atoms with Crippen LogP contribution in [-0.2, 0) is 4.74 Å². The van der Waals surface area contributed by atoms with E-state index in [4.69, 9.17) is 10.5 Å². The lowest BCUT2D eigenvalue weighted by atomic mass is 10.2. The van der Waals surface area contributed by atoms with Crippen LogP contribution in [0.1, 0.15) is 6.92 Å². The predicted octanol–water partition coefficient (Wildman–Crippen LogP) is 3.52. The monoisotopic (exact) mass is 280 g/mol. The molecular weight excluding hydrogens is 264 g/mol. The van der Waals surface area contributed by atoms with Crippen LogP contribution in [0.25, 0.3) is 11.3 Å². The summed E-state index contributed by atoms with van der Waals surface area (Å²) in [7, 11) is 0. The highest BCUT2D eigenvalue weighted by Crippen LogP contribution is 2.35. The Hall–Kier alpha value is -1.04. The first kappa shape index (κ1) is 13.4. The fourth-order valence-corrected chi connectivity index (χ4v) is 3.38. The molecule has 2 aromatic rings. The number of thiazole rings is 1. The van der Waals surface area contributed by atoms with Crippen LogP contribution < -0.4 is 5.73 Å². The van der Waals surface area contributed by atoms with Gasteiger partial charge in [0.25, 0.3) is 0 Å². The average Bonchev–Trinajstić information content (AvgIpc) is 2.77. The van der Waals surface area contributed by atoms with Gasteiger partial charge < -0.3 is 10.5 Å². The number of nitrogens with two attached hydrogens (primary N) is 1. The number of benzene rings is 1. The topological polar surface area (TPSA) is 48.1 Å². The van der Waals surface area contributed by atoms with Crippen LogP contribution in [-0.4, -0.2) is 24.0 Å². The Balaban J connectivity index is 2.03. The molecule has 0 aliphatic heterocycles. The van der Waals surface area contributed by atoms with E-state index >= 15 is 0 Å². The van der Waals surface area contributed by atoms with Crippen LogP contribution in [0.3, 0.4) is 0 Å². The Kier molecular flexibility index (Phi) is 5.04. The number of ether oxygens (including phenoxy) is 1. The minimum absolute atomic E-state index is 0.751. The van der Waals surface area contributed by atoms with Crippen molar-refractivity contribution in [3.63, 3.8) is 0 Å². The third kappa shape index (κ3) is 3.48. The number of aromatic nitrogens is 1. The molecule has 18 heavy (non-hydrogen) atoms. The van der Waals surface area contributed by atoms with Crippen molar-refractivity contribution in [1.29, 1.82) is 0 Å². The normalized spacial score (nSPS) is 10.7. The third-order valence-corrected chi connectivity index (χ3v) is 4.33. The van der Waals surface area contributed by atoms with Crippen molar-refractivity contribution in [2.75, 3.05) is 24.7 Å². The summed E-state index contributed by atoms with van der Waals surface area (Å²) >= 11 is 3.23. The molecule has 0 saturated carbocycles. The molecule has 0 unspecified atom stereocenters. The van der Waals surface area contributed by atoms with Gasteiger partial charge in [0.2, 0.25) is 0 Å². The zero-order valence-corrected chi connectivity index (χ0v) is 11.9. The maximum absolute atomic E-state index is 6.02. The molecule has 2 N–H and O–H groups in total. The predicted molar refractivity (Wildman–Crippen MR) is 79.2 cm³/mol. The molecule has 0 atom stereocenters. The molecule has 0 saturated heterocycles. The average molecular weight is 280 g/mol. The van der Waals surface area contributed by atoms with Gasteiger partial charge >= 0.3 is 0 Å². The summed E-state index contributed by atoms with van der Waals surface area (Å²) in [5.41, 5.74) is 7.98. The number of nitrogens with zero attached hydrogens (tertiary/aromatic N) is 1. The zero-order chi connectivity index (χ0) is 12.8. The SMILES string of the molecule is CCOCCSc1nc(-c2ccccc2)c(N)s1. The van der Waals surface area contributed by atoms with Crippen molar-refractivity contribution in [2.24, 2.45) is 0 Å². The number of nitrogen functional groups attached to an aromatic ring is 1. The summed E-state index contributed by atoms with van der Waals surface area (Å²) in [4.78, 5) is 4.58. The van der Waals surface area contributed by atoms with Crippen LogP contribution in [0.2, 0.25) is 0 Å². The molecule has 0 aliphatic rings. The zero-order valence-electron chi connectivity index (χ0n) is 10.3. The molecule has 0 aliphatic carbocycles. The van der Waals surface area contributed by atoms with Crippen LogP contribution in [0.4, 0.5) is 5.00 Å². The molecule has 0 spiro atoms. The Bertz CT molecular complexity index is 485. The molecule has 1 heterocycles. The van der Waals surface area contributed by atoms with Gasteiger partial charge in [-0.1, -0.05) is 53.4 Å². The van der Waals surface area contributed by atoms with Gasteiger partial charge in [0.1, 0.15) is 10.7 Å². The fourth-order valence-electron chi connectivity index (χ4n) is 1.51. The number of anilines is 1. The highest BCUT2D eigenvalue weighted by Gasteiger charge is 2.10. The van der Waals surface area contributed by atoms with Gasteiger partial charge in [-0.25, -0.2) is 4.98 Å². The highest BCUT2D eigenvalue weighted by molar-refractivity contribution is 8.01. The van der Waals surface area contributed by atoms with E-state index in [0.29, 0.717) is 0 Å². The smallest absolute Gasteiger partial charge is 0.152 e. The minimum Gasteiger partial charge on any atom is -0.389 e. The van der Waals surface area contributed by atoms with Gasteiger partial charge in [-0.3, -0.25) is 0 Å². The summed E-state index contributed by atoms with van der Waals surface area (Å²) < 4.78 is 6.31. The number of hydrogen-bond acceptors (Lipinski definition) is 5. The maximum Gasteiger partial charge on any atom is 0.152 e. The largest absolute Gasteiger partial charge is 0.389 e. The standard InChI is InChI=1S/C13H16N2OS2/c1-2-16-8-9-17-13-15-11(12(14)18-13)10-6-4-3-5-7-10/h3-7H,2,8-9,14H2,1H3. The molecule has 2 rings (SSSR count). The number of thioether (sulfide) groups is 1. The first-order chi connectivity index (χ1) is 8.81. The van der Waals surface area contributed by atoms with Crippen molar-refractivity contribution in [1.82, 2.24) is 4.98 Å². The van der Waals surface area contributed by atoms with Gasteiger partial charge in [-0.05, 0) is 6.92 Å². The van der Waals surface area contributed by atoms with E-state index in [1.807, 2.05) is 37.3 Å². The molecule has 0 amide bonds. The summed E-state index contributed by atoms with van der Waals surface area (Å²) in [6.07, 6.45) is 0. The Labute approximate surface area is 115 Å². The quantitative estimate of drug-likeness (QED) is 0.649. The van der Waals surface area contributed by atoms with Crippen molar-refractivity contribution in [3.8, 4) is 11.3 Å². The maximum atomic E-state index is 6.02. The molecule has 5 heteroatoms. The van der Waals surface area contributed by atoms with Crippen molar-refractivity contribution >= 4 is 28.1 Å². The Morgan fingerprint density at radius 1 is 1.33 bits per heavy atom. The first-order valence-electron chi connectivity index (χ1n) is 5.83. The van der Waals surface area contributed by atoms with Gasteiger partial charge in [0.15, 0.2) is 4.34 Å². The van der Waals surface area contributed by atoms with E-state index in [9.17, 15) is 0 Å². The van der Waals surface area contributed by atoms with Gasteiger partial charge in [-0.15, -0.1) is 0 Å². The second-order valence-electron chi connectivity index (χ2n) is 3.60. The van der Waals surface area contributed by atoms with E-state index in [1.165, 1.54) is 0 Å². The van der Waals surface area contributed by atoms with Gasteiger partial charge in [-0.2, -0.15) is 0 Å². The lowest BCUT2D eigenvalue weighted by Crippen LogP contribution is -1.95. The molecule has 0 bridgehead atoms. The first-order valence-corrected chi connectivity index (χ1v) is 7.63. The number of rotatable bonds is 6. The van der Waals surface area contributed by atoms with E-state index in [-0.39, 0.29) is 0 Å². The highest BCUT2D eigenvalue weighted by atomic mass is 32.2. The minimum atomic E-state index is 0.751. The van der Waals surface area contributed by atoms with Crippen LogP contribution in [0.15, 0.2) is 34.7 Å². The second kappa shape index (κ2) is 6.78. The van der Waals surface area contributed by atoms with E-state index in [2.05, 4.69) is 4.98 Å². The van der Waals surface area contributed by atoms with Crippen LogP contribution in [0.5, 0.6) is 0 Å². The van der Waals surface area contributed by atoms with Crippen molar-refractivity contribution < 1.29 is 4.74 Å². The third-order valence-electron chi connectivity index (χ3n) is 2.34. The molecular formula is C13H16N2OS2. The van der Waals surface area contributed by atoms with Gasteiger partial charge in [0, 0.05) is 17.9 Å². The second-order valence-corrected chi connectivity index (χ2v) is 5.98. The molecule has 0 fully saturated rings. The Morgan fingerprint density at radius 2 is 2.11 bits per heavy atom. The summed E-state index contributed by atoms with van der Waals surface area (Å²) in [5.74, 6) is 0.912.